The molecule has 0 radical (unpaired) electrons. The Balaban J connectivity index is 2.53. The summed E-state index contributed by atoms with van der Waals surface area (Å²) in [5.41, 5.74) is 0.451. The van der Waals surface area contributed by atoms with E-state index in [0.717, 1.165) is 17.6 Å². The summed E-state index contributed by atoms with van der Waals surface area (Å²) in [5.74, 6) is 2.77. The Morgan fingerprint density at radius 2 is 1.60 bits per heavy atom. The Bertz CT molecular complexity index is 171. The number of hydrogen-bond acceptors (Lipinski definition) is 2. The van der Waals surface area contributed by atoms with Crippen molar-refractivity contribution in [2.45, 2.75) is 40.5 Å². The molecular formula is C13H27NS. The lowest BCUT2D eigenvalue weighted by Crippen LogP contribution is -2.37. The van der Waals surface area contributed by atoms with Crippen molar-refractivity contribution in [3.8, 4) is 0 Å². The molecule has 2 heteroatoms. The summed E-state index contributed by atoms with van der Waals surface area (Å²) >= 11 is 4.55. The highest BCUT2D eigenvalue weighted by Crippen LogP contribution is 2.32. The Morgan fingerprint density at radius 3 is 1.93 bits per heavy atom. The second-order valence-electron chi connectivity index (χ2n) is 5.51. The fourth-order valence-electron chi connectivity index (χ4n) is 2.60. The first-order valence-corrected chi connectivity index (χ1v) is 7.03. The standard InChI is InChI=1S/C13H27NS/c1-5-13(6-2,10-15)9-14-7-11(3)12(4)8-14/h11-12,15H,5-10H2,1-4H3. The Kier molecular flexibility index (Phi) is 4.98. The molecular weight excluding hydrogens is 202 g/mol. The Hall–Kier alpha value is 0.310. The van der Waals surface area contributed by atoms with Crippen molar-refractivity contribution in [3.05, 3.63) is 0 Å². The highest BCUT2D eigenvalue weighted by Gasteiger charge is 2.32. The van der Waals surface area contributed by atoms with Gasteiger partial charge in [0.2, 0.25) is 0 Å². The van der Waals surface area contributed by atoms with Gasteiger partial charge in [-0.05, 0) is 35.8 Å². The summed E-state index contributed by atoms with van der Waals surface area (Å²) < 4.78 is 0. The van der Waals surface area contributed by atoms with Crippen LogP contribution in [0.3, 0.4) is 0 Å². The quantitative estimate of drug-likeness (QED) is 0.708. The number of hydrogen-bond donors (Lipinski definition) is 1. The van der Waals surface area contributed by atoms with Crippen molar-refractivity contribution in [2.75, 3.05) is 25.4 Å². The van der Waals surface area contributed by atoms with Gasteiger partial charge in [0, 0.05) is 19.6 Å². The van der Waals surface area contributed by atoms with Crippen LogP contribution < -0.4 is 0 Å². The van der Waals surface area contributed by atoms with Gasteiger partial charge in [-0.25, -0.2) is 0 Å². The van der Waals surface area contributed by atoms with Crippen LogP contribution in [0.2, 0.25) is 0 Å². The SMILES string of the molecule is CCC(CC)(CS)CN1CC(C)C(C)C1. The molecule has 1 aliphatic rings. The van der Waals surface area contributed by atoms with E-state index in [-0.39, 0.29) is 0 Å². The van der Waals surface area contributed by atoms with Crippen LogP contribution in [0.15, 0.2) is 0 Å². The van der Waals surface area contributed by atoms with Gasteiger partial charge in [-0.15, -0.1) is 0 Å². The maximum Gasteiger partial charge on any atom is 0.00458 e. The molecule has 0 aliphatic carbocycles. The van der Waals surface area contributed by atoms with Crippen LogP contribution in [0, 0.1) is 17.3 Å². The van der Waals surface area contributed by atoms with E-state index in [2.05, 4.69) is 45.2 Å². The van der Waals surface area contributed by atoms with Crippen LogP contribution in [0.25, 0.3) is 0 Å². The Morgan fingerprint density at radius 1 is 1.13 bits per heavy atom. The fourth-order valence-corrected chi connectivity index (χ4v) is 3.15. The van der Waals surface area contributed by atoms with Gasteiger partial charge in [-0.3, -0.25) is 0 Å². The summed E-state index contributed by atoms with van der Waals surface area (Å²) in [6.07, 6.45) is 2.51. The largest absolute Gasteiger partial charge is 0.302 e. The first kappa shape index (κ1) is 13.4. The normalized spacial score (nSPS) is 28.6. The molecule has 2 atom stereocenters. The molecule has 0 aromatic carbocycles. The lowest BCUT2D eigenvalue weighted by molar-refractivity contribution is 0.178. The zero-order valence-corrected chi connectivity index (χ0v) is 11.7. The summed E-state index contributed by atoms with van der Waals surface area (Å²) in [6, 6.07) is 0. The molecule has 0 amide bonds. The van der Waals surface area contributed by atoms with E-state index in [1.54, 1.807) is 0 Å². The predicted molar refractivity (Wildman–Crippen MR) is 71.6 cm³/mol. The number of likely N-dealkylation sites (tertiary alicyclic amines) is 1. The third kappa shape index (κ3) is 3.13. The molecule has 1 heterocycles. The van der Waals surface area contributed by atoms with Gasteiger partial charge in [-0.2, -0.15) is 12.6 Å². The average Bonchev–Trinajstić information content (AvgIpc) is 2.55. The van der Waals surface area contributed by atoms with E-state index in [9.17, 15) is 0 Å². The molecule has 0 saturated carbocycles. The van der Waals surface area contributed by atoms with Crippen LogP contribution in [0.1, 0.15) is 40.5 Å². The molecule has 90 valence electrons. The van der Waals surface area contributed by atoms with E-state index in [4.69, 9.17) is 0 Å². The van der Waals surface area contributed by atoms with Gasteiger partial charge in [0.15, 0.2) is 0 Å². The summed E-state index contributed by atoms with van der Waals surface area (Å²) in [5, 5.41) is 0. The topological polar surface area (TPSA) is 3.24 Å². The van der Waals surface area contributed by atoms with Gasteiger partial charge in [0.05, 0.1) is 0 Å². The predicted octanol–water partition coefficient (Wildman–Crippen LogP) is 3.31. The van der Waals surface area contributed by atoms with E-state index >= 15 is 0 Å². The van der Waals surface area contributed by atoms with Crippen molar-refractivity contribution in [3.63, 3.8) is 0 Å². The summed E-state index contributed by atoms with van der Waals surface area (Å²) in [4.78, 5) is 2.65. The van der Waals surface area contributed by atoms with E-state index in [1.165, 1.54) is 32.5 Å². The number of rotatable bonds is 5. The van der Waals surface area contributed by atoms with Gasteiger partial charge >= 0.3 is 0 Å². The lowest BCUT2D eigenvalue weighted by atomic mass is 9.84. The van der Waals surface area contributed by atoms with Crippen molar-refractivity contribution in [1.82, 2.24) is 4.90 Å². The maximum atomic E-state index is 4.55. The lowest BCUT2D eigenvalue weighted by Gasteiger charge is -2.34. The first-order chi connectivity index (χ1) is 7.06. The zero-order valence-electron chi connectivity index (χ0n) is 10.8. The molecule has 0 aromatic heterocycles. The van der Waals surface area contributed by atoms with E-state index < -0.39 is 0 Å². The molecule has 0 aromatic rings. The van der Waals surface area contributed by atoms with Gasteiger partial charge in [-0.1, -0.05) is 27.7 Å². The highest BCUT2D eigenvalue weighted by atomic mass is 32.1. The minimum absolute atomic E-state index is 0.451. The van der Waals surface area contributed by atoms with Crippen molar-refractivity contribution >= 4 is 12.6 Å². The molecule has 0 N–H and O–H groups in total. The second-order valence-corrected chi connectivity index (χ2v) is 5.83. The van der Waals surface area contributed by atoms with Crippen LogP contribution >= 0.6 is 12.6 Å². The molecule has 1 rings (SSSR count). The third-order valence-corrected chi connectivity index (χ3v) is 5.13. The summed E-state index contributed by atoms with van der Waals surface area (Å²) in [7, 11) is 0. The molecule has 0 bridgehead atoms. The first-order valence-electron chi connectivity index (χ1n) is 6.40. The third-order valence-electron chi connectivity index (χ3n) is 4.46. The van der Waals surface area contributed by atoms with Crippen molar-refractivity contribution in [2.24, 2.45) is 17.3 Å². The van der Waals surface area contributed by atoms with E-state index in [1.807, 2.05) is 0 Å². The number of nitrogens with zero attached hydrogens (tertiary/aromatic N) is 1. The minimum atomic E-state index is 0.451. The van der Waals surface area contributed by atoms with Gasteiger partial charge in [0.1, 0.15) is 0 Å². The average molecular weight is 229 g/mol. The maximum absolute atomic E-state index is 4.55. The monoisotopic (exact) mass is 229 g/mol. The van der Waals surface area contributed by atoms with Crippen LogP contribution in [-0.4, -0.2) is 30.3 Å². The van der Waals surface area contributed by atoms with Gasteiger partial charge < -0.3 is 4.90 Å². The zero-order chi connectivity index (χ0) is 11.5. The molecule has 1 nitrogen and oxygen atoms in total. The number of thiol groups is 1. The molecule has 0 spiro atoms. The van der Waals surface area contributed by atoms with E-state index in [0.29, 0.717) is 5.41 Å². The van der Waals surface area contributed by atoms with Crippen LogP contribution in [0.4, 0.5) is 0 Å². The molecule has 1 fully saturated rings. The van der Waals surface area contributed by atoms with Crippen molar-refractivity contribution in [1.29, 1.82) is 0 Å². The molecule has 2 unspecified atom stereocenters. The summed E-state index contributed by atoms with van der Waals surface area (Å²) in [6.45, 7) is 13.2. The Labute approximate surface area is 101 Å². The molecule has 1 saturated heterocycles. The fraction of sp³-hybridized carbons (Fsp3) is 1.00. The molecule has 15 heavy (non-hydrogen) atoms. The van der Waals surface area contributed by atoms with Crippen LogP contribution in [0.5, 0.6) is 0 Å². The second kappa shape index (κ2) is 5.58. The minimum Gasteiger partial charge on any atom is -0.302 e. The smallest absolute Gasteiger partial charge is 0.00458 e. The molecule has 1 aliphatic heterocycles. The highest BCUT2D eigenvalue weighted by molar-refractivity contribution is 7.80. The van der Waals surface area contributed by atoms with Gasteiger partial charge in [0.25, 0.3) is 0 Å². The van der Waals surface area contributed by atoms with Crippen LogP contribution in [-0.2, 0) is 0 Å². The van der Waals surface area contributed by atoms with Crippen molar-refractivity contribution < 1.29 is 0 Å².